The summed E-state index contributed by atoms with van der Waals surface area (Å²) in [6.45, 7) is 5.95. The van der Waals surface area contributed by atoms with E-state index in [0.717, 1.165) is 11.3 Å². The van der Waals surface area contributed by atoms with Crippen molar-refractivity contribution < 1.29 is 18.4 Å². The Morgan fingerprint density at radius 3 is 2.79 bits per heavy atom. The van der Waals surface area contributed by atoms with E-state index in [1.165, 1.54) is 29.3 Å². The van der Waals surface area contributed by atoms with Gasteiger partial charge in [0.1, 0.15) is 17.4 Å². The number of aromatic nitrogens is 2. The molecule has 2 aromatic heterocycles. The summed E-state index contributed by atoms with van der Waals surface area (Å²) >= 11 is 7.68. The normalized spacial score (nSPS) is 19.2. The summed E-state index contributed by atoms with van der Waals surface area (Å²) in [6.07, 6.45) is 2.69. The molecular formula is C26H21ClF2N6O2S. The smallest absolute Gasteiger partial charge is 0.251 e. The third-order valence-electron chi connectivity index (χ3n) is 7.25. The molecule has 0 unspecified atom stereocenters. The predicted octanol–water partition coefficient (Wildman–Crippen LogP) is 4.59. The van der Waals surface area contributed by atoms with E-state index in [0.29, 0.717) is 28.9 Å². The zero-order valence-corrected chi connectivity index (χ0v) is 21.9. The average molecular weight is 555 g/mol. The number of halogens is 3. The minimum Gasteiger partial charge on any atom is -0.375 e. The molecule has 38 heavy (non-hydrogen) atoms. The lowest BCUT2D eigenvalue weighted by molar-refractivity contribution is -0.130. The first-order valence-corrected chi connectivity index (χ1v) is 12.9. The Hall–Kier alpha value is -3.83. The fraction of sp³-hybridized carbons (Fsp3) is 0.231. The number of pyridine rings is 1. The summed E-state index contributed by atoms with van der Waals surface area (Å²) in [4.78, 5) is 39.3. The van der Waals surface area contributed by atoms with Crippen LogP contribution >= 0.6 is 22.9 Å². The summed E-state index contributed by atoms with van der Waals surface area (Å²) in [5, 5.41) is 0.650. The van der Waals surface area contributed by atoms with E-state index in [1.54, 1.807) is 18.0 Å². The second kappa shape index (κ2) is 8.60. The molecule has 4 aromatic rings. The zero-order valence-electron chi connectivity index (χ0n) is 20.3. The Bertz CT molecular complexity index is 1710. The van der Waals surface area contributed by atoms with Crippen LogP contribution in [0.15, 0.2) is 37.1 Å². The number of anilines is 3. The highest BCUT2D eigenvalue weighted by molar-refractivity contribution is 7.22. The van der Waals surface area contributed by atoms with Crippen LogP contribution in [0.5, 0.6) is 0 Å². The van der Waals surface area contributed by atoms with Crippen LogP contribution in [0.1, 0.15) is 6.92 Å². The number of nitrogen functional groups attached to an aromatic ring is 1. The number of carbonyl (C=O) groups is 2. The summed E-state index contributed by atoms with van der Waals surface area (Å²) in [5.41, 5.74) is 7.53. The van der Waals surface area contributed by atoms with Crippen molar-refractivity contribution >= 4 is 72.4 Å². The molecule has 2 aromatic carbocycles. The Labute approximate surface area is 224 Å². The number of carbonyl (C=O) groups excluding carboxylic acids is 2. The van der Waals surface area contributed by atoms with Gasteiger partial charge in [-0.25, -0.2) is 13.8 Å². The molecule has 2 atom stereocenters. The standard InChI is InChI=1S/C26H21ClF2N6O2S/c1-4-18(36)34-10-17-25(37)33(3)16-8-31-21-13(23(16)35(17)9-11(34)2)7-14(27)19(20(21)29)12-5-6-15(28)24-22(12)32-26(30)38-24/h4-8,11,17H,1,9-10H2,2-3H3,(H2,30,32)/t11-,17-/m1/s1. The number of amides is 2. The van der Waals surface area contributed by atoms with Gasteiger partial charge in [-0.05, 0) is 31.2 Å². The van der Waals surface area contributed by atoms with Crippen molar-refractivity contribution in [2.24, 2.45) is 0 Å². The van der Waals surface area contributed by atoms with E-state index in [-0.39, 0.29) is 55.9 Å². The third-order valence-corrected chi connectivity index (χ3v) is 8.44. The van der Waals surface area contributed by atoms with Crippen molar-refractivity contribution in [1.82, 2.24) is 14.9 Å². The molecule has 0 bridgehead atoms. The lowest BCUT2D eigenvalue weighted by atomic mass is 9.96. The van der Waals surface area contributed by atoms with E-state index in [2.05, 4.69) is 16.5 Å². The lowest BCUT2D eigenvalue weighted by Gasteiger charge is -2.50. The first-order valence-electron chi connectivity index (χ1n) is 11.7. The lowest BCUT2D eigenvalue weighted by Crippen LogP contribution is -2.65. The number of piperazine rings is 1. The molecule has 4 heterocycles. The quantitative estimate of drug-likeness (QED) is 0.364. The molecule has 1 fully saturated rings. The van der Waals surface area contributed by atoms with Crippen molar-refractivity contribution in [3.05, 3.63) is 53.7 Å². The first-order chi connectivity index (χ1) is 18.1. The molecular weight excluding hydrogens is 534 g/mol. The maximum Gasteiger partial charge on any atom is 0.251 e. The third kappa shape index (κ3) is 3.38. The zero-order chi connectivity index (χ0) is 27.0. The number of likely N-dealkylation sites (N-methyl/N-ethyl adjacent to an activating group) is 1. The molecule has 0 radical (unpaired) electrons. The molecule has 0 saturated carbocycles. The van der Waals surface area contributed by atoms with Crippen LogP contribution in [-0.4, -0.2) is 58.9 Å². The molecule has 8 nitrogen and oxygen atoms in total. The monoisotopic (exact) mass is 554 g/mol. The maximum atomic E-state index is 16.2. The molecule has 2 aliphatic rings. The summed E-state index contributed by atoms with van der Waals surface area (Å²) in [7, 11) is 1.62. The summed E-state index contributed by atoms with van der Waals surface area (Å²) in [6, 6.07) is 3.36. The number of nitrogens with zero attached hydrogens (tertiary/aromatic N) is 5. The summed E-state index contributed by atoms with van der Waals surface area (Å²) < 4.78 is 30.9. The van der Waals surface area contributed by atoms with Gasteiger partial charge in [0.05, 0.1) is 39.4 Å². The van der Waals surface area contributed by atoms with Gasteiger partial charge in [-0.15, -0.1) is 0 Å². The van der Waals surface area contributed by atoms with E-state index in [4.69, 9.17) is 17.3 Å². The highest BCUT2D eigenvalue weighted by atomic mass is 35.5. The van der Waals surface area contributed by atoms with Gasteiger partial charge in [0, 0.05) is 36.1 Å². The highest BCUT2D eigenvalue weighted by Gasteiger charge is 2.44. The van der Waals surface area contributed by atoms with Crippen LogP contribution in [-0.2, 0) is 9.59 Å². The molecule has 194 valence electrons. The van der Waals surface area contributed by atoms with Gasteiger partial charge >= 0.3 is 0 Å². The minimum absolute atomic E-state index is 0.0356. The number of nitrogens with two attached hydrogens (primary N) is 1. The second-order valence-electron chi connectivity index (χ2n) is 9.37. The van der Waals surface area contributed by atoms with Crippen LogP contribution < -0.4 is 15.5 Å². The highest BCUT2D eigenvalue weighted by Crippen LogP contribution is 2.47. The van der Waals surface area contributed by atoms with Crippen molar-refractivity contribution in [3.63, 3.8) is 0 Å². The minimum atomic E-state index is -0.695. The summed E-state index contributed by atoms with van der Waals surface area (Å²) in [5.74, 6) is -1.67. The van der Waals surface area contributed by atoms with Crippen molar-refractivity contribution in [2.75, 3.05) is 35.7 Å². The first kappa shape index (κ1) is 24.5. The Morgan fingerprint density at radius 2 is 2.05 bits per heavy atom. The number of hydrogen-bond donors (Lipinski definition) is 1. The van der Waals surface area contributed by atoms with Crippen LogP contribution in [0.4, 0.5) is 25.3 Å². The SMILES string of the molecule is C=CC(=O)N1C[C@@H]2C(=O)N(C)c3cnc4c(F)c(-c5ccc(F)c6sc(N)nc56)c(Cl)cc4c3N2C[C@H]1C. The Balaban J connectivity index is 1.57. The van der Waals surface area contributed by atoms with Crippen molar-refractivity contribution in [2.45, 2.75) is 19.0 Å². The topological polar surface area (TPSA) is 95.7 Å². The van der Waals surface area contributed by atoms with Gasteiger partial charge in [0.15, 0.2) is 10.9 Å². The largest absolute Gasteiger partial charge is 0.375 e. The van der Waals surface area contributed by atoms with Gasteiger partial charge in [0.2, 0.25) is 5.91 Å². The van der Waals surface area contributed by atoms with Gasteiger partial charge in [-0.3, -0.25) is 14.6 Å². The molecule has 0 spiro atoms. The molecule has 1 saturated heterocycles. The van der Waals surface area contributed by atoms with E-state index >= 15 is 4.39 Å². The maximum absolute atomic E-state index is 16.2. The Kier molecular flexibility index (Phi) is 5.55. The van der Waals surface area contributed by atoms with Gasteiger partial charge < -0.3 is 20.4 Å². The number of benzene rings is 2. The fourth-order valence-electron chi connectivity index (χ4n) is 5.43. The van der Waals surface area contributed by atoms with Crippen molar-refractivity contribution in [1.29, 1.82) is 0 Å². The number of thiazole rings is 1. The second-order valence-corrected chi connectivity index (χ2v) is 10.8. The predicted molar refractivity (Wildman–Crippen MR) is 146 cm³/mol. The van der Waals surface area contributed by atoms with Crippen LogP contribution in [0.25, 0.3) is 32.2 Å². The molecule has 2 N–H and O–H groups in total. The number of fused-ring (bicyclic) bond motifs is 6. The van der Waals surface area contributed by atoms with Crippen LogP contribution in [0.2, 0.25) is 5.02 Å². The van der Waals surface area contributed by atoms with E-state index < -0.39 is 17.7 Å². The van der Waals surface area contributed by atoms with Crippen LogP contribution in [0, 0.1) is 11.6 Å². The van der Waals surface area contributed by atoms with E-state index in [1.807, 2.05) is 11.8 Å². The van der Waals surface area contributed by atoms with Gasteiger partial charge in [0.25, 0.3) is 5.91 Å². The van der Waals surface area contributed by atoms with E-state index in [9.17, 15) is 14.0 Å². The molecule has 12 heteroatoms. The molecule has 2 amide bonds. The molecule has 2 aliphatic heterocycles. The fourth-order valence-corrected chi connectivity index (χ4v) is 6.49. The van der Waals surface area contributed by atoms with Crippen molar-refractivity contribution in [3.8, 4) is 11.1 Å². The van der Waals surface area contributed by atoms with Crippen LogP contribution in [0.3, 0.4) is 0 Å². The Morgan fingerprint density at radius 1 is 1.29 bits per heavy atom. The molecule has 0 aliphatic carbocycles. The van der Waals surface area contributed by atoms with Gasteiger partial charge in [-0.1, -0.05) is 29.5 Å². The number of rotatable bonds is 2. The molecule has 6 rings (SSSR count). The van der Waals surface area contributed by atoms with Gasteiger partial charge in [-0.2, -0.15) is 0 Å². The average Bonchev–Trinajstić information content (AvgIpc) is 3.29. The number of hydrogen-bond acceptors (Lipinski definition) is 7.